The third-order valence-electron chi connectivity index (χ3n) is 3.38. The molecule has 1 aromatic carbocycles. The Bertz CT molecular complexity index is 515. The minimum absolute atomic E-state index is 0.135. The lowest BCUT2D eigenvalue weighted by Crippen LogP contribution is -2.37. The maximum atomic E-state index is 11.0. The van der Waals surface area contributed by atoms with E-state index in [-0.39, 0.29) is 5.41 Å². The van der Waals surface area contributed by atoms with Crippen molar-refractivity contribution in [1.82, 2.24) is 0 Å². The van der Waals surface area contributed by atoms with Crippen molar-refractivity contribution in [3.8, 4) is 0 Å². The summed E-state index contributed by atoms with van der Waals surface area (Å²) in [6, 6.07) is 8.31. The normalized spacial score (nSPS) is 12.1. The Labute approximate surface area is 121 Å². The summed E-state index contributed by atoms with van der Waals surface area (Å²) in [6.07, 6.45) is -0.0516. The molecule has 0 radical (unpaired) electrons. The van der Waals surface area contributed by atoms with Crippen LogP contribution in [0, 0.1) is 0 Å². The van der Waals surface area contributed by atoms with Gasteiger partial charge in [-0.15, -0.1) is 0 Å². The number of hydrogen-bond donors (Lipinski definition) is 1. The van der Waals surface area contributed by atoms with Gasteiger partial charge < -0.3 is 10.5 Å². The van der Waals surface area contributed by atoms with Gasteiger partial charge >= 0.3 is 6.09 Å². The molecule has 0 atom stereocenters. The summed E-state index contributed by atoms with van der Waals surface area (Å²) in [6.45, 7) is 14.0. The topological polar surface area (TPSA) is 52.3 Å². The molecule has 0 saturated heterocycles. The number of carbonyl (C=O) groups excluding carboxylic acids is 1. The molecule has 0 fully saturated rings. The van der Waals surface area contributed by atoms with E-state index in [1.165, 1.54) is 5.56 Å². The van der Waals surface area contributed by atoms with Crippen molar-refractivity contribution in [2.75, 3.05) is 0 Å². The monoisotopic (exact) mass is 275 g/mol. The van der Waals surface area contributed by atoms with Crippen molar-refractivity contribution in [1.29, 1.82) is 0 Å². The molecule has 1 rings (SSSR count). The molecule has 20 heavy (non-hydrogen) atoms. The number of ether oxygens (including phenoxy) is 1. The number of carbonyl (C=O) groups is 1. The number of allylic oxidation sites excluding steroid dienone is 1. The molecule has 0 aliphatic carbocycles. The molecule has 110 valence electrons. The molecule has 0 spiro atoms. The van der Waals surface area contributed by atoms with Gasteiger partial charge in [0.25, 0.3) is 0 Å². The fourth-order valence-corrected chi connectivity index (χ4v) is 2.68. The first-order chi connectivity index (χ1) is 9.03. The van der Waals surface area contributed by atoms with E-state index in [2.05, 4.69) is 32.6 Å². The van der Waals surface area contributed by atoms with Gasteiger partial charge in [-0.3, -0.25) is 0 Å². The zero-order valence-corrected chi connectivity index (χ0v) is 13.1. The number of benzene rings is 1. The third-order valence-corrected chi connectivity index (χ3v) is 3.38. The van der Waals surface area contributed by atoms with E-state index in [0.29, 0.717) is 6.42 Å². The molecule has 3 nitrogen and oxygen atoms in total. The fourth-order valence-electron chi connectivity index (χ4n) is 2.68. The van der Waals surface area contributed by atoms with E-state index in [0.717, 1.165) is 11.1 Å². The average Bonchev–Trinajstić information content (AvgIpc) is 2.25. The number of rotatable bonds is 5. The summed E-state index contributed by atoms with van der Waals surface area (Å²) < 4.78 is 5.19. The Kier molecular flexibility index (Phi) is 4.64. The van der Waals surface area contributed by atoms with E-state index in [4.69, 9.17) is 10.5 Å². The lowest BCUT2D eigenvalue weighted by molar-refractivity contribution is 0.0247. The lowest BCUT2D eigenvalue weighted by atomic mass is 9.75. The highest BCUT2D eigenvalue weighted by atomic mass is 16.6. The minimum atomic E-state index is -0.735. The van der Waals surface area contributed by atoms with Crippen molar-refractivity contribution in [3.05, 3.63) is 42.0 Å². The van der Waals surface area contributed by atoms with E-state index >= 15 is 0 Å². The van der Waals surface area contributed by atoms with Gasteiger partial charge in [0, 0.05) is 0 Å². The number of amides is 1. The SMILES string of the molecule is C=C(C)c1cccc(C(C)(C)CC(C)(C)OC(N)=O)c1. The summed E-state index contributed by atoms with van der Waals surface area (Å²) in [5.74, 6) is 0. The quantitative estimate of drug-likeness (QED) is 0.872. The van der Waals surface area contributed by atoms with Crippen LogP contribution in [0.5, 0.6) is 0 Å². The summed E-state index contributed by atoms with van der Waals surface area (Å²) >= 11 is 0. The first-order valence-electron chi connectivity index (χ1n) is 6.78. The Morgan fingerprint density at radius 2 is 1.90 bits per heavy atom. The van der Waals surface area contributed by atoms with Crippen molar-refractivity contribution in [2.45, 2.75) is 52.1 Å². The maximum absolute atomic E-state index is 11.0. The molecule has 0 heterocycles. The van der Waals surface area contributed by atoms with Gasteiger partial charge in [-0.2, -0.15) is 0 Å². The van der Waals surface area contributed by atoms with Crippen molar-refractivity contribution in [2.24, 2.45) is 5.73 Å². The standard InChI is InChI=1S/C17H25NO2/c1-12(2)13-8-7-9-14(10-13)16(3,4)11-17(5,6)20-15(18)19/h7-10H,1,11H2,2-6H3,(H2,18,19). The van der Waals surface area contributed by atoms with E-state index in [9.17, 15) is 4.79 Å². The molecule has 0 aliphatic heterocycles. The molecule has 0 unspecified atom stereocenters. The van der Waals surface area contributed by atoms with Crippen LogP contribution in [-0.4, -0.2) is 11.7 Å². The van der Waals surface area contributed by atoms with Crippen LogP contribution in [-0.2, 0) is 10.2 Å². The summed E-state index contributed by atoms with van der Waals surface area (Å²) in [5, 5.41) is 0. The predicted octanol–water partition coefficient (Wildman–Crippen LogP) is 4.26. The zero-order valence-electron chi connectivity index (χ0n) is 13.1. The van der Waals surface area contributed by atoms with Crippen LogP contribution < -0.4 is 5.73 Å². The molecule has 2 N–H and O–H groups in total. The molecule has 1 amide bonds. The highest BCUT2D eigenvalue weighted by molar-refractivity contribution is 5.65. The Morgan fingerprint density at radius 1 is 1.30 bits per heavy atom. The highest BCUT2D eigenvalue weighted by Gasteiger charge is 2.32. The van der Waals surface area contributed by atoms with Crippen LogP contribution >= 0.6 is 0 Å². The van der Waals surface area contributed by atoms with Gasteiger partial charge in [-0.05, 0) is 43.7 Å². The fraction of sp³-hybridized carbons (Fsp3) is 0.471. The number of nitrogens with two attached hydrogens (primary N) is 1. The smallest absolute Gasteiger partial charge is 0.405 e. The lowest BCUT2D eigenvalue weighted by Gasteiger charge is -2.34. The molecule has 3 heteroatoms. The van der Waals surface area contributed by atoms with Crippen LogP contribution in [0.3, 0.4) is 0 Å². The number of hydrogen-bond acceptors (Lipinski definition) is 2. The zero-order chi connectivity index (χ0) is 15.6. The Morgan fingerprint density at radius 3 is 2.40 bits per heavy atom. The average molecular weight is 275 g/mol. The molecule has 1 aromatic rings. The summed E-state index contributed by atoms with van der Waals surface area (Å²) in [4.78, 5) is 11.0. The third kappa shape index (κ3) is 4.41. The number of primary amides is 1. The molecule has 0 aliphatic rings. The maximum Gasteiger partial charge on any atom is 0.405 e. The van der Waals surface area contributed by atoms with Crippen LogP contribution in [0.25, 0.3) is 5.57 Å². The van der Waals surface area contributed by atoms with E-state index < -0.39 is 11.7 Å². The van der Waals surface area contributed by atoms with E-state index in [1.54, 1.807) is 0 Å². The molecule has 0 aromatic heterocycles. The predicted molar refractivity (Wildman–Crippen MR) is 83.5 cm³/mol. The van der Waals surface area contributed by atoms with Gasteiger partial charge in [0.2, 0.25) is 0 Å². The largest absolute Gasteiger partial charge is 0.444 e. The first kappa shape index (κ1) is 16.3. The highest BCUT2D eigenvalue weighted by Crippen LogP contribution is 2.34. The minimum Gasteiger partial charge on any atom is -0.444 e. The molecule has 0 bridgehead atoms. The van der Waals surface area contributed by atoms with Gasteiger partial charge in [0.15, 0.2) is 0 Å². The second kappa shape index (κ2) is 5.70. The van der Waals surface area contributed by atoms with Crippen molar-refractivity contribution >= 4 is 11.7 Å². The van der Waals surface area contributed by atoms with Crippen molar-refractivity contribution < 1.29 is 9.53 Å². The first-order valence-corrected chi connectivity index (χ1v) is 6.78. The Balaban J connectivity index is 3.01. The van der Waals surface area contributed by atoms with Crippen LogP contribution in [0.15, 0.2) is 30.8 Å². The molecule has 0 saturated carbocycles. The van der Waals surface area contributed by atoms with Gasteiger partial charge in [-0.1, -0.05) is 50.3 Å². The van der Waals surface area contributed by atoms with Gasteiger partial charge in [0.05, 0.1) is 0 Å². The Hall–Kier alpha value is -1.77. The van der Waals surface area contributed by atoms with Crippen LogP contribution in [0.2, 0.25) is 0 Å². The summed E-state index contributed by atoms with van der Waals surface area (Å²) in [5.41, 5.74) is 7.75. The van der Waals surface area contributed by atoms with E-state index in [1.807, 2.05) is 32.9 Å². The summed E-state index contributed by atoms with van der Waals surface area (Å²) in [7, 11) is 0. The van der Waals surface area contributed by atoms with Gasteiger partial charge in [0.1, 0.15) is 5.60 Å². The second-order valence-electron chi connectivity index (χ2n) is 6.60. The molecular formula is C17H25NO2. The molecular weight excluding hydrogens is 250 g/mol. The van der Waals surface area contributed by atoms with Gasteiger partial charge in [-0.25, -0.2) is 4.79 Å². The van der Waals surface area contributed by atoms with Crippen LogP contribution in [0.1, 0.15) is 52.2 Å². The van der Waals surface area contributed by atoms with Crippen molar-refractivity contribution in [3.63, 3.8) is 0 Å². The van der Waals surface area contributed by atoms with Crippen LogP contribution in [0.4, 0.5) is 4.79 Å². The second-order valence-corrected chi connectivity index (χ2v) is 6.60.